The minimum Gasteiger partial charge on any atom is -0.375 e. The largest absolute Gasteiger partial charge is 0.375 e. The van der Waals surface area contributed by atoms with Crippen molar-refractivity contribution >= 4 is 0 Å². The average molecular weight is 186 g/mol. The molecule has 2 fully saturated rings. The van der Waals surface area contributed by atoms with E-state index < -0.39 is 0 Å². The van der Waals surface area contributed by atoms with Gasteiger partial charge in [0, 0.05) is 12.8 Å². The Balaban J connectivity index is 1.57. The van der Waals surface area contributed by atoms with E-state index in [1.54, 1.807) is 0 Å². The molecule has 76 valence electrons. The topological polar surface area (TPSA) is 34.3 Å². The van der Waals surface area contributed by atoms with E-state index in [0.29, 0.717) is 24.4 Å². The monoisotopic (exact) mass is 186 g/mol. The van der Waals surface area contributed by atoms with Crippen molar-refractivity contribution in [1.82, 2.24) is 0 Å². The predicted octanol–water partition coefficient (Wildman–Crippen LogP) is 1.36. The van der Waals surface area contributed by atoms with Gasteiger partial charge in [0.25, 0.3) is 0 Å². The Kier molecular flexibility index (Phi) is 2.86. The summed E-state index contributed by atoms with van der Waals surface area (Å²) in [6, 6.07) is 0. The highest BCUT2D eigenvalue weighted by Crippen LogP contribution is 2.21. The Labute approximate surface area is 79.4 Å². The van der Waals surface area contributed by atoms with Crippen LogP contribution in [0, 0.1) is 0 Å². The van der Waals surface area contributed by atoms with E-state index in [-0.39, 0.29) is 0 Å². The van der Waals surface area contributed by atoms with Crippen molar-refractivity contribution in [3.63, 3.8) is 0 Å². The summed E-state index contributed by atoms with van der Waals surface area (Å²) in [5.41, 5.74) is 0. The molecule has 2 aliphatic heterocycles. The molecule has 3 heteroatoms. The van der Waals surface area contributed by atoms with E-state index in [1.807, 2.05) is 0 Å². The van der Waals surface area contributed by atoms with Crippen molar-refractivity contribution in [2.45, 2.75) is 51.1 Å². The molecule has 0 aromatic rings. The fourth-order valence-electron chi connectivity index (χ4n) is 1.66. The fraction of sp³-hybridized carbons (Fsp3) is 1.00. The quantitative estimate of drug-likeness (QED) is 0.587. The van der Waals surface area contributed by atoms with Gasteiger partial charge in [-0.15, -0.1) is 0 Å². The van der Waals surface area contributed by atoms with Crippen molar-refractivity contribution in [3.8, 4) is 0 Å². The minimum absolute atomic E-state index is 0.321. The molecule has 0 aromatic heterocycles. The van der Waals surface area contributed by atoms with E-state index in [9.17, 15) is 0 Å². The Morgan fingerprint density at radius 2 is 1.46 bits per heavy atom. The molecule has 0 saturated carbocycles. The van der Waals surface area contributed by atoms with E-state index >= 15 is 0 Å². The standard InChI is InChI=1S/C10H18O3/c1-7(3-9-5-11-9)13-8(2)4-10-6-12-10/h7-10H,3-6H2,1-2H3. The molecule has 2 saturated heterocycles. The van der Waals surface area contributed by atoms with E-state index in [2.05, 4.69) is 13.8 Å². The normalized spacial score (nSPS) is 35.5. The van der Waals surface area contributed by atoms with Crippen LogP contribution >= 0.6 is 0 Å². The molecule has 4 atom stereocenters. The fourth-order valence-corrected chi connectivity index (χ4v) is 1.66. The zero-order valence-electron chi connectivity index (χ0n) is 8.36. The van der Waals surface area contributed by atoms with E-state index in [0.717, 1.165) is 26.1 Å². The second-order valence-corrected chi connectivity index (χ2v) is 4.14. The lowest BCUT2D eigenvalue weighted by molar-refractivity contribution is -0.00643. The van der Waals surface area contributed by atoms with Gasteiger partial charge in [-0.3, -0.25) is 0 Å². The predicted molar refractivity (Wildman–Crippen MR) is 48.7 cm³/mol. The molecule has 2 rings (SSSR count). The van der Waals surface area contributed by atoms with Gasteiger partial charge >= 0.3 is 0 Å². The molecular weight excluding hydrogens is 168 g/mol. The Bertz CT molecular complexity index is 146. The van der Waals surface area contributed by atoms with Gasteiger partial charge in [0.2, 0.25) is 0 Å². The first-order valence-corrected chi connectivity index (χ1v) is 5.12. The van der Waals surface area contributed by atoms with Crippen LogP contribution < -0.4 is 0 Å². The van der Waals surface area contributed by atoms with Crippen molar-refractivity contribution in [2.75, 3.05) is 13.2 Å². The molecule has 0 N–H and O–H groups in total. The van der Waals surface area contributed by atoms with Crippen LogP contribution in [-0.4, -0.2) is 37.6 Å². The maximum atomic E-state index is 5.79. The maximum absolute atomic E-state index is 5.79. The first-order chi connectivity index (χ1) is 6.24. The van der Waals surface area contributed by atoms with Crippen LogP contribution in [0.1, 0.15) is 26.7 Å². The third kappa shape index (κ3) is 3.63. The summed E-state index contributed by atoms with van der Waals surface area (Å²) in [5.74, 6) is 0. The van der Waals surface area contributed by atoms with Gasteiger partial charge in [-0.25, -0.2) is 0 Å². The molecule has 0 amide bonds. The zero-order chi connectivity index (χ0) is 9.26. The average Bonchev–Trinajstić information content (AvgIpc) is 2.81. The van der Waals surface area contributed by atoms with Gasteiger partial charge in [-0.2, -0.15) is 0 Å². The molecule has 0 spiro atoms. The molecule has 3 nitrogen and oxygen atoms in total. The van der Waals surface area contributed by atoms with Gasteiger partial charge in [0.05, 0.1) is 37.6 Å². The van der Waals surface area contributed by atoms with Crippen LogP contribution in [0.25, 0.3) is 0 Å². The van der Waals surface area contributed by atoms with Crippen molar-refractivity contribution in [3.05, 3.63) is 0 Å². The van der Waals surface area contributed by atoms with Crippen LogP contribution in [0.2, 0.25) is 0 Å². The molecule has 13 heavy (non-hydrogen) atoms. The second-order valence-electron chi connectivity index (χ2n) is 4.14. The van der Waals surface area contributed by atoms with Crippen LogP contribution in [0.3, 0.4) is 0 Å². The number of epoxide rings is 2. The van der Waals surface area contributed by atoms with Gasteiger partial charge in [0.15, 0.2) is 0 Å². The van der Waals surface area contributed by atoms with Crippen molar-refractivity contribution < 1.29 is 14.2 Å². The maximum Gasteiger partial charge on any atom is 0.0834 e. The molecule has 2 aliphatic rings. The van der Waals surface area contributed by atoms with E-state index in [4.69, 9.17) is 14.2 Å². The zero-order valence-corrected chi connectivity index (χ0v) is 8.36. The third-order valence-electron chi connectivity index (χ3n) is 2.46. The van der Waals surface area contributed by atoms with Crippen molar-refractivity contribution in [1.29, 1.82) is 0 Å². The van der Waals surface area contributed by atoms with E-state index in [1.165, 1.54) is 0 Å². The molecule has 0 radical (unpaired) electrons. The Morgan fingerprint density at radius 3 is 1.77 bits per heavy atom. The lowest BCUT2D eigenvalue weighted by atomic mass is 10.2. The summed E-state index contributed by atoms with van der Waals surface area (Å²) in [5, 5.41) is 0. The molecule has 0 aromatic carbocycles. The number of ether oxygens (including phenoxy) is 3. The molecule has 2 heterocycles. The van der Waals surface area contributed by atoms with Crippen LogP contribution in [0.15, 0.2) is 0 Å². The molecule has 0 aliphatic carbocycles. The number of rotatable bonds is 6. The van der Waals surface area contributed by atoms with Crippen LogP contribution in [0.4, 0.5) is 0 Å². The van der Waals surface area contributed by atoms with Gasteiger partial charge in [-0.05, 0) is 13.8 Å². The SMILES string of the molecule is CC(CC1CO1)OC(C)CC1CO1. The number of hydrogen-bond donors (Lipinski definition) is 0. The van der Waals surface area contributed by atoms with Gasteiger partial charge in [-0.1, -0.05) is 0 Å². The van der Waals surface area contributed by atoms with Crippen molar-refractivity contribution in [2.24, 2.45) is 0 Å². The lowest BCUT2D eigenvalue weighted by Crippen LogP contribution is -2.20. The van der Waals surface area contributed by atoms with Crippen LogP contribution in [-0.2, 0) is 14.2 Å². The first-order valence-electron chi connectivity index (χ1n) is 5.12. The second kappa shape index (κ2) is 3.95. The number of hydrogen-bond acceptors (Lipinski definition) is 3. The molecule has 4 unspecified atom stereocenters. The minimum atomic E-state index is 0.321. The highest BCUT2D eigenvalue weighted by Gasteiger charge is 2.28. The lowest BCUT2D eigenvalue weighted by Gasteiger charge is -2.17. The van der Waals surface area contributed by atoms with Gasteiger partial charge < -0.3 is 14.2 Å². The Morgan fingerprint density at radius 1 is 1.08 bits per heavy atom. The molecule has 0 bridgehead atoms. The summed E-state index contributed by atoms with van der Waals surface area (Å²) < 4.78 is 16.1. The third-order valence-corrected chi connectivity index (χ3v) is 2.46. The first kappa shape index (κ1) is 9.44. The molecular formula is C10H18O3. The van der Waals surface area contributed by atoms with Gasteiger partial charge in [0.1, 0.15) is 0 Å². The highest BCUT2D eigenvalue weighted by molar-refractivity contribution is 4.75. The summed E-state index contributed by atoms with van der Waals surface area (Å²) in [4.78, 5) is 0. The highest BCUT2D eigenvalue weighted by atomic mass is 16.6. The summed E-state index contributed by atoms with van der Waals surface area (Å²) in [6.07, 6.45) is 3.66. The summed E-state index contributed by atoms with van der Waals surface area (Å²) in [6.45, 7) is 6.08. The summed E-state index contributed by atoms with van der Waals surface area (Å²) in [7, 11) is 0. The van der Waals surface area contributed by atoms with Crippen LogP contribution in [0.5, 0.6) is 0 Å². The Hall–Kier alpha value is -0.120. The summed E-state index contributed by atoms with van der Waals surface area (Å²) >= 11 is 0. The smallest absolute Gasteiger partial charge is 0.0834 e.